The fourth-order valence-electron chi connectivity index (χ4n) is 4.40. The van der Waals surface area contributed by atoms with E-state index in [1.807, 2.05) is 36.4 Å². The smallest absolute Gasteiger partial charge is 0.193 e. The molecular weight excluding hydrogens is 398 g/mol. The average molecular weight is 428 g/mol. The first kappa shape index (κ1) is 21.8. The van der Waals surface area contributed by atoms with E-state index in [4.69, 9.17) is 0 Å². The summed E-state index contributed by atoms with van der Waals surface area (Å²) in [6.45, 7) is 5.07. The number of Topliss-reactive ketones (excluding diaryl/α,β-unsaturated/α-hetero) is 1. The fraction of sp³-hybridized carbons (Fsp3) is 0.286. The number of hydrogen-bond acceptors (Lipinski definition) is 3. The van der Waals surface area contributed by atoms with Gasteiger partial charge in [-0.25, -0.2) is 0 Å². The van der Waals surface area contributed by atoms with Crippen LogP contribution in [0.3, 0.4) is 0 Å². The number of nitrogens with zero attached hydrogens (tertiary/aromatic N) is 1. The van der Waals surface area contributed by atoms with Gasteiger partial charge in [0.15, 0.2) is 11.6 Å². The molecule has 164 valence electrons. The molecule has 4 aromatic rings. The highest BCUT2D eigenvalue weighted by Gasteiger charge is 2.16. The Morgan fingerprint density at radius 2 is 1.34 bits per heavy atom. The number of carbonyl (C=O) groups excluding carboxylic acids is 2. The van der Waals surface area contributed by atoms with Crippen molar-refractivity contribution in [2.24, 2.45) is 0 Å². The minimum atomic E-state index is -0.0903. The number of rotatable bonds is 9. The summed E-state index contributed by atoms with van der Waals surface area (Å²) in [4.78, 5) is 25.8. The molecule has 0 aliphatic rings. The molecule has 32 heavy (non-hydrogen) atoms. The summed E-state index contributed by atoms with van der Waals surface area (Å²) in [7, 11) is 0. The molecule has 1 heterocycles. The minimum absolute atomic E-state index is 0.0903. The molecule has 4 nitrogen and oxygen atoms in total. The maximum atomic E-state index is 13.0. The highest BCUT2D eigenvalue weighted by Crippen LogP contribution is 2.32. The van der Waals surface area contributed by atoms with Crippen LogP contribution in [0.5, 0.6) is 5.75 Å². The summed E-state index contributed by atoms with van der Waals surface area (Å²) in [5.74, 6) is 0.221. The molecule has 0 aliphatic carbocycles. The van der Waals surface area contributed by atoms with Gasteiger partial charge >= 0.3 is 0 Å². The van der Waals surface area contributed by atoms with Crippen LogP contribution in [0.2, 0.25) is 0 Å². The minimum Gasteiger partial charge on any atom is -0.508 e. The number of unbranched alkanes of at least 4 members (excludes halogenated alkanes) is 3. The molecule has 0 bridgehead atoms. The summed E-state index contributed by atoms with van der Waals surface area (Å²) < 4.78 is 2.22. The number of ketones is 2. The van der Waals surface area contributed by atoms with Gasteiger partial charge in [0.2, 0.25) is 0 Å². The van der Waals surface area contributed by atoms with Crippen LogP contribution in [0.15, 0.2) is 60.7 Å². The third-order valence-corrected chi connectivity index (χ3v) is 6.15. The molecule has 0 atom stereocenters. The van der Waals surface area contributed by atoms with Crippen molar-refractivity contribution in [3.05, 3.63) is 77.4 Å². The molecule has 0 spiro atoms. The Balaban J connectivity index is 1.74. The zero-order valence-corrected chi connectivity index (χ0v) is 18.7. The Labute approximate surface area is 188 Å². The molecule has 0 saturated carbocycles. The summed E-state index contributed by atoms with van der Waals surface area (Å²) >= 11 is 0. The molecule has 4 rings (SSSR count). The van der Waals surface area contributed by atoms with Crippen molar-refractivity contribution < 1.29 is 14.7 Å². The van der Waals surface area contributed by atoms with E-state index in [1.54, 1.807) is 12.1 Å². The normalized spacial score (nSPS) is 11.3. The lowest BCUT2D eigenvalue weighted by molar-refractivity contribution is 0.0978. The molecule has 0 radical (unpaired) electrons. The third-order valence-electron chi connectivity index (χ3n) is 6.15. The fourth-order valence-corrected chi connectivity index (χ4v) is 4.40. The number of aromatic hydroxyl groups is 1. The van der Waals surface area contributed by atoms with Crippen LogP contribution in [-0.4, -0.2) is 21.2 Å². The molecule has 0 unspecified atom stereocenters. The van der Waals surface area contributed by atoms with Crippen molar-refractivity contribution in [2.75, 3.05) is 0 Å². The molecule has 0 aliphatic heterocycles. The molecule has 3 aromatic carbocycles. The van der Waals surface area contributed by atoms with Gasteiger partial charge in [0.05, 0.1) is 0 Å². The average Bonchev–Trinajstić information content (AvgIpc) is 3.14. The van der Waals surface area contributed by atoms with E-state index in [0.29, 0.717) is 17.5 Å². The first-order valence-corrected chi connectivity index (χ1v) is 11.5. The van der Waals surface area contributed by atoms with E-state index < -0.39 is 0 Å². The summed E-state index contributed by atoms with van der Waals surface area (Å²) in [5.41, 5.74) is 3.98. The van der Waals surface area contributed by atoms with Gasteiger partial charge in [-0.1, -0.05) is 26.2 Å². The van der Waals surface area contributed by atoms with E-state index in [1.165, 1.54) is 12.1 Å². The lowest BCUT2D eigenvalue weighted by Crippen LogP contribution is -2.01. The first-order valence-electron chi connectivity index (χ1n) is 11.5. The van der Waals surface area contributed by atoms with Crippen LogP contribution in [0.25, 0.3) is 21.8 Å². The Morgan fingerprint density at radius 1 is 0.750 bits per heavy atom. The molecular formula is C28H29NO3. The maximum absolute atomic E-state index is 13.0. The Hall–Kier alpha value is -3.40. The Morgan fingerprint density at radius 3 is 1.97 bits per heavy atom. The zero-order chi connectivity index (χ0) is 22.7. The van der Waals surface area contributed by atoms with Crippen LogP contribution in [0.4, 0.5) is 0 Å². The number of aromatic nitrogens is 1. The van der Waals surface area contributed by atoms with Gasteiger partial charge in [-0.2, -0.15) is 0 Å². The van der Waals surface area contributed by atoms with Crippen LogP contribution < -0.4 is 0 Å². The summed E-state index contributed by atoms with van der Waals surface area (Å²) in [5, 5.41) is 11.5. The molecule has 0 saturated heterocycles. The maximum Gasteiger partial charge on any atom is 0.193 e. The number of aryl methyl sites for hydroxylation is 1. The molecule has 0 fully saturated rings. The number of carbonyl (C=O) groups is 2. The molecule has 0 amide bonds. The lowest BCUT2D eigenvalue weighted by Gasteiger charge is -2.05. The van der Waals surface area contributed by atoms with Gasteiger partial charge in [-0.05, 0) is 74.0 Å². The van der Waals surface area contributed by atoms with E-state index in [-0.39, 0.29) is 17.3 Å². The van der Waals surface area contributed by atoms with Gasteiger partial charge < -0.3 is 9.67 Å². The second-order valence-corrected chi connectivity index (χ2v) is 8.32. The van der Waals surface area contributed by atoms with Crippen molar-refractivity contribution in [1.82, 2.24) is 4.57 Å². The van der Waals surface area contributed by atoms with Crippen molar-refractivity contribution >= 4 is 33.4 Å². The van der Waals surface area contributed by atoms with Gasteiger partial charge in [0.1, 0.15) is 5.75 Å². The van der Waals surface area contributed by atoms with Crippen LogP contribution in [0.1, 0.15) is 72.2 Å². The summed E-state index contributed by atoms with van der Waals surface area (Å²) in [6, 6.07) is 18.0. The van der Waals surface area contributed by atoms with E-state index in [2.05, 4.69) is 18.4 Å². The predicted octanol–water partition coefficient (Wildman–Crippen LogP) is 6.90. The monoisotopic (exact) mass is 427 g/mol. The second-order valence-electron chi connectivity index (χ2n) is 8.32. The van der Waals surface area contributed by atoms with Gasteiger partial charge in [0, 0.05) is 51.5 Å². The highest BCUT2D eigenvalue weighted by molar-refractivity contribution is 6.15. The standard InChI is InChI=1S/C28H29NO3/c1-3-5-6-7-8-27(31)20-11-15-25-23(17-20)24-18-21(12-16-26(24)29(25)4-2)28(32)19-9-13-22(30)14-10-19/h9-18,30H,3-8H2,1-2H3. The number of fused-ring (bicyclic) bond motifs is 3. The summed E-state index contributed by atoms with van der Waals surface area (Å²) in [6.07, 6.45) is 4.90. The predicted molar refractivity (Wildman–Crippen MR) is 130 cm³/mol. The number of benzene rings is 3. The quantitative estimate of drug-likeness (QED) is 0.233. The number of hydrogen-bond donors (Lipinski definition) is 1. The van der Waals surface area contributed by atoms with E-state index >= 15 is 0 Å². The first-order chi connectivity index (χ1) is 15.5. The van der Waals surface area contributed by atoms with E-state index in [0.717, 1.165) is 59.6 Å². The van der Waals surface area contributed by atoms with Crippen molar-refractivity contribution in [2.45, 2.75) is 52.5 Å². The second kappa shape index (κ2) is 9.39. The van der Waals surface area contributed by atoms with Gasteiger partial charge in [-0.15, -0.1) is 0 Å². The molecule has 4 heteroatoms. The van der Waals surface area contributed by atoms with Crippen molar-refractivity contribution in [3.63, 3.8) is 0 Å². The largest absolute Gasteiger partial charge is 0.508 e. The highest BCUT2D eigenvalue weighted by atomic mass is 16.3. The lowest BCUT2D eigenvalue weighted by atomic mass is 9.99. The van der Waals surface area contributed by atoms with Crippen LogP contribution in [0, 0.1) is 0 Å². The van der Waals surface area contributed by atoms with E-state index in [9.17, 15) is 14.7 Å². The zero-order valence-electron chi connectivity index (χ0n) is 18.7. The van der Waals surface area contributed by atoms with Crippen LogP contribution >= 0.6 is 0 Å². The van der Waals surface area contributed by atoms with Crippen molar-refractivity contribution in [1.29, 1.82) is 0 Å². The van der Waals surface area contributed by atoms with Crippen LogP contribution in [-0.2, 0) is 6.54 Å². The number of phenolic OH excluding ortho intramolecular Hbond substituents is 1. The number of phenols is 1. The van der Waals surface area contributed by atoms with Gasteiger partial charge in [-0.3, -0.25) is 9.59 Å². The van der Waals surface area contributed by atoms with Gasteiger partial charge in [0.25, 0.3) is 0 Å². The molecule has 1 aromatic heterocycles. The molecule has 1 N–H and O–H groups in total. The topological polar surface area (TPSA) is 59.3 Å². The SMILES string of the molecule is CCCCCCC(=O)c1ccc2c(c1)c1cc(C(=O)c3ccc(O)cc3)ccc1n2CC. The van der Waals surface area contributed by atoms with Crippen molar-refractivity contribution in [3.8, 4) is 5.75 Å². The Bertz CT molecular complexity index is 1280. The third kappa shape index (κ3) is 4.18. The Kier molecular flexibility index (Phi) is 6.40.